The zero-order valence-electron chi connectivity index (χ0n) is 15.5. The van der Waals surface area contributed by atoms with Gasteiger partial charge in [0.1, 0.15) is 0 Å². The zero-order valence-corrected chi connectivity index (χ0v) is 17.5. The van der Waals surface area contributed by atoms with Crippen molar-refractivity contribution in [3.8, 4) is 0 Å². The van der Waals surface area contributed by atoms with E-state index in [2.05, 4.69) is 14.1 Å². The molecule has 3 atom stereocenters. The third kappa shape index (κ3) is 4.21. The molecule has 2 saturated heterocycles. The SMILES string of the molecule is CN1CCC(C(=O)N2C[C@H](S(=O)(=O)c3ccccc3C(F)(F)F)C[C@H]2P)CC1. The second-order valence-electron chi connectivity index (χ2n) is 7.53. The second-order valence-corrected chi connectivity index (χ2v) is 10.5. The minimum atomic E-state index is -4.76. The van der Waals surface area contributed by atoms with Gasteiger partial charge in [-0.2, -0.15) is 13.2 Å². The van der Waals surface area contributed by atoms with Gasteiger partial charge in [0.15, 0.2) is 9.84 Å². The molecule has 2 aliphatic rings. The first-order valence-corrected chi connectivity index (χ1v) is 11.4. The molecule has 2 heterocycles. The predicted octanol–water partition coefficient (Wildman–Crippen LogP) is 2.62. The highest BCUT2D eigenvalue weighted by atomic mass is 32.2. The standard InChI is InChI=1S/C18H24F3N2O3PS/c1-22-8-6-12(7-9-22)17(24)23-11-13(10-16(23)27)28(25,26)15-5-3-2-4-14(15)18(19,20)21/h2-5,12-13,16H,6-11,27H2,1H3/t13-,16-/m1/s1. The van der Waals surface area contributed by atoms with Gasteiger partial charge >= 0.3 is 6.18 Å². The molecule has 0 N–H and O–H groups in total. The lowest BCUT2D eigenvalue weighted by Gasteiger charge is -2.32. The van der Waals surface area contributed by atoms with Gasteiger partial charge in [-0.25, -0.2) is 8.42 Å². The number of amides is 1. The quantitative estimate of drug-likeness (QED) is 0.684. The van der Waals surface area contributed by atoms with E-state index in [-0.39, 0.29) is 24.8 Å². The summed E-state index contributed by atoms with van der Waals surface area (Å²) in [5.41, 5.74) is -1.16. The summed E-state index contributed by atoms with van der Waals surface area (Å²) in [6.07, 6.45) is -3.24. The molecule has 156 valence electrons. The van der Waals surface area contributed by atoms with Crippen molar-refractivity contribution in [2.24, 2.45) is 5.92 Å². The van der Waals surface area contributed by atoms with Crippen molar-refractivity contribution in [2.75, 3.05) is 26.7 Å². The van der Waals surface area contributed by atoms with E-state index in [1.807, 2.05) is 7.05 Å². The van der Waals surface area contributed by atoms with Crippen LogP contribution in [0.25, 0.3) is 0 Å². The Morgan fingerprint density at radius 3 is 2.39 bits per heavy atom. The topological polar surface area (TPSA) is 57.7 Å². The Hall–Kier alpha value is -1.18. The number of carbonyl (C=O) groups is 1. The molecule has 0 bridgehead atoms. The van der Waals surface area contributed by atoms with Gasteiger partial charge in [0.2, 0.25) is 5.91 Å². The highest BCUT2D eigenvalue weighted by Crippen LogP contribution is 2.38. The van der Waals surface area contributed by atoms with Gasteiger partial charge in [-0.05, 0) is 51.5 Å². The monoisotopic (exact) mass is 436 g/mol. The van der Waals surface area contributed by atoms with Crippen LogP contribution in [0.2, 0.25) is 0 Å². The lowest BCUT2D eigenvalue weighted by molar-refractivity contribution is -0.140. The molecule has 0 radical (unpaired) electrons. The summed E-state index contributed by atoms with van der Waals surface area (Å²) in [7, 11) is 0.225. The van der Waals surface area contributed by atoms with Crippen molar-refractivity contribution in [1.82, 2.24) is 9.80 Å². The number of benzene rings is 1. The number of hydrogen-bond acceptors (Lipinski definition) is 4. The zero-order chi connectivity index (χ0) is 20.7. The van der Waals surface area contributed by atoms with E-state index in [0.717, 1.165) is 25.2 Å². The van der Waals surface area contributed by atoms with Gasteiger partial charge in [0.05, 0.1) is 15.7 Å². The van der Waals surface area contributed by atoms with Crippen LogP contribution in [0.4, 0.5) is 13.2 Å². The number of halogens is 3. The lowest BCUT2D eigenvalue weighted by Crippen LogP contribution is -2.42. The maximum Gasteiger partial charge on any atom is 0.417 e. The van der Waals surface area contributed by atoms with Crippen LogP contribution >= 0.6 is 9.24 Å². The van der Waals surface area contributed by atoms with Gasteiger partial charge < -0.3 is 9.80 Å². The fourth-order valence-corrected chi connectivity index (χ4v) is 6.64. The molecule has 5 nitrogen and oxygen atoms in total. The summed E-state index contributed by atoms with van der Waals surface area (Å²) in [5, 5.41) is -1.05. The molecule has 28 heavy (non-hydrogen) atoms. The summed E-state index contributed by atoms with van der Waals surface area (Å²) in [5.74, 6) is -0.664. The molecule has 1 amide bonds. The van der Waals surface area contributed by atoms with Crippen LogP contribution in [0.3, 0.4) is 0 Å². The van der Waals surface area contributed by atoms with Crippen molar-refractivity contribution < 1.29 is 26.4 Å². The molecule has 0 aliphatic carbocycles. The van der Waals surface area contributed by atoms with Crippen LogP contribution in [0.1, 0.15) is 24.8 Å². The Morgan fingerprint density at radius 1 is 1.18 bits per heavy atom. The first-order valence-electron chi connectivity index (χ1n) is 9.16. The molecule has 2 aliphatic heterocycles. The summed E-state index contributed by atoms with van der Waals surface area (Å²) < 4.78 is 65.8. The van der Waals surface area contributed by atoms with Gasteiger partial charge in [-0.15, -0.1) is 9.24 Å². The Bertz CT molecular complexity index is 839. The van der Waals surface area contributed by atoms with E-state index in [1.54, 1.807) is 0 Å². The molecule has 1 aromatic rings. The summed E-state index contributed by atoms with van der Waals surface area (Å²) in [4.78, 5) is 15.8. The summed E-state index contributed by atoms with van der Waals surface area (Å²) in [6.45, 7) is 1.52. The Kier molecular flexibility index (Phi) is 6.09. The number of alkyl halides is 3. The van der Waals surface area contributed by atoms with Crippen LogP contribution in [-0.2, 0) is 20.8 Å². The fraction of sp³-hybridized carbons (Fsp3) is 0.611. The van der Waals surface area contributed by atoms with Crippen LogP contribution < -0.4 is 0 Å². The third-order valence-corrected chi connectivity index (χ3v) is 8.41. The first-order chi connectivity index (χ1) is 13.0. The number of piperidine rings is 1. The number of hydrogen-bond donors (Lipinski definition) is 0. The normalized spacial score (nSPS) is 25.2. The second kappa shape index (κ2) is 7.92. The molecule has 2 fully saturated rings. The first kappa shape index (κ1) is 21.5. The maximum atomic E-state index is 13.3. The van der Waals surface area contributed by atoms with E-state index in [0.29, 0.717) is 12.8 Å². The molecule has 10 heteroatoms. The Balaban J connectivity index is 1.81. The fourth-order valence-electron chi connectivity index (χ4n) is 3.92. The molecule has 0 aromatic heterocycles. The van der Waals surface area contributed by atoms with E-state index in [4.69, 9.17) is 0 Å². The van der Waals surface area contributed by atoms with Crippen LogP contribution in [-0.4, -0.2) is 61.8 Å². The Labute approximate surface area is 165 Å². The highest BCUT2D eigenvalue weighted by molar-refractivity contribution is 7.92. The average molecular weight is 436 g/mol. The van der Waals surface area contributed by atoms with Crippen molar-refractivity contribution >= 4 is 25.0 Å². The smallest absolute Gasteiger partial charge is 0.335 e. The Morgan fingerprint density at radius 2 is 1.79 bits per heavy atom. The van der Waals surface area contributed by atoms with Crippen LogP contribution in [0, 0.1) is 5.92 Å². The third-order valence-electron chi connectivity index (χ3n) is 5.59. The molecular weight excluding hydrogens is 412 g/mol. The van der Waals surface area contributed by atoms with Gasteiger partial charge in [0.25, 0.3) is 0 Å². The molecule has 1 aromatic carbocycles. The van der Waals surface area contributed by atoms with E-state index in [1.165, 1.54) is 17.0 Å². The number of carbonyl (C=O) groups excluding carboxylic acids is 1. The highest BCUT2D eigenvalue weighted by Gasteiger charge is 2.45. The van der Waals surface area contributed by atoms with Crippen LogP contribution in [0.5, 0.6) is 0 Å². The predicted molar refractivity (Wildman–Crippen MR) is 102 cm³/mol. The maximum absolute atomic E-state index is 13.3. The molecular formula is C18H24F3N2O3PS. The lowest BCUT2D eigenvalue weighted by atomic mass is 9.96. The van der Waals surface area contributed by atoms with Crippen molar-refractivity contribution in [1.29, 1.82) is 0 Å². The van der Waals surface area contributed by atoms with E-state index < -0.39 is 37.5 Å². The molecule has 0 saturated carbocycles. The number of nitrogens with zero attached hydrogens (tertiary/aromatic N) is 2. The number of rotatable bonds is 3. The largest absolute Gasteiger partial charge is 0.417 e. The number of sulfone groups is 1. The van der Waals surface area contributed by atoms with Crippen LogP contribution in [0.15, 0.2) is 29.2 Å². The average Bonchev–Trinajstić information content (AvgIpc) is 3.03. The minimum absolute atomic E-state index is 0.0755. The van der Waals surface area contributed by atoms with E-state index >= 15 is 0 Å². The van der Waals surface area contributed by atoms with Gasteiger partial charge in [0, 0.05) is 18.2 Å². The summed E-state index contributed by atoms with van der Waals surface area (Å²) >= 11 is 0. The molecule has 0 spiro atoms. The van der Waals surface area contributed by atoms with Crippen molar-refractivity contribution in [2.45, 2.75) is 41.4 Å². The van der Waals surface area contributed by atoms with Gasteiger partial charge in [-0.1, -0.05) is 12.1 Å². The minimum Gasteiger partial charge on any atom is -0.335 e. The number of likely N-dealkylation sites (tertiary alicyclic amines) is 2. The van der Waals surface area contributed by atoms with Crippen molar-refractivity contribution in [3.63, 3.8) is 0 Å². The van der Waals surface area contributed by atoms with Crippen molar-refractivity contribution in [3.05, 3.63) is 29.8 Å². The molecule has 3 rings (SSSR count). The summed E-state index contributed by atoms with van der Waals surface area (Å²) in [6, 6.07) is 4.24. The molecule has 1 unspecified atom stereocenters. The van der Waals surface area contributed by atoms with Gasteiger partial charge in [-0.3, -0.25) is 4.79 Å². The van der Waals surface area contributed by atoms with E-state index in [9.17, 15) is 26.4 Å².